The normalized spacial score (nSPS) is 23.9. The summed E-state index contributed by atoms with van der Waals surface area (Å²) in [5, 5.41) is 3.31. The number of hydrogen-bond acceptors (Lipinski definition) is 5. The predicted octanol–water partition coefficient (Wildman–Crippen LogP) is 3.37. The van der Waals surface area contributed by atoms with Gasteiger partial charge in [0.2, 0.25) is 0 Å². The fourth-order valence-electron chi connectivity index (χ4n) is 4.78. The molecule has 29 heavy (non-hydrogen) atoms. The van der Waals surface area contributed by atoms with Gasteiger partial charge in [0.05, 0.1) is 17.2 Å². The number of H-pyrrole nitrogens is 1. The van der Waals surface area contributed by atoms with Crippen molar-refractivity contribution in [2.45, 2.75) is 17.7 Å². The lowest BCUT2D eigenvalue weighted by molar-refractivity contribution is -0.183. The van der Waals surface area contributed by atoms with Crippen LogP contribution in [-0.4, -0.2) is 51.0 Å². The molecule has 0 saturated carbocycles. The summed E-state index contributed by atoms with van der Waals surface area (Å²) < 4.78 is 0. The number of thioether (sulfide) groups is 1. The van der Waals surface area contributed by atoms with E-state index in [-0.39, 0.29) is 23.1 Å². The standard InChI is InChI=1S/C22H19N3O3S/c26-21-15-6-1-2-7-16(15)22(27)24(21)11-18-20-19-14(9-10-25(20)28-12-29-18)13-5-3-4-8-17(13)23-19/h1-8,18,20,23H,9-12H2/t18-,20+/m1/s1. The maximum absolute atomic E-state index is 12.9. The zero-order chi connectivity index (χ0) is 19.5. The van der Waals surface area contributed by atoms with Crippen LogP contribution in [0.3, 0.4) is 0 Å². The fourth-order valence-corrected chi connectivity index (χ4v) is 5.86. The highest BCUT2D eigenvalue weighted by atomic mass is 32.2. The Morgan fingerprint density at radius 2 is 1.76 bits per heavy atom. The summed E-state index contributed by atoms with van der Waals surface area (Å²) >= 11 is 1.66. The number of rotatable bonds is 2. The third-order valence-electron chi connectivity index (χ3n) is 6.13. The van der Waals surface area contributed by atoms with Gasteiger partial charge < -0.3 is 4.98 Å². The molecule has 2 amide bonds. The molecule has 6 rings (SSSR count). The Kier molecular flexibility index (Phi) is 3.84. The molecule has 6 nitrogen and oxygen atoms in total. The molecule has 3 aliphatic rings. The zero-order valence-corrected chi connectivity index (χ0v) is 16.4. The lowest BCUT2D eigenvalue weighted by atomic mass is 9.96. The number of carbonyl (C=O) groups excluding carboxylic acids is 2. The first-order valence-electron chi connectivity index (χ1n) is 9.78. The topological polar surface area (TPSA) is 65.6 Å². The van der Waals surface area contributed by atoms with E-state index in [1.54, 1.807) is 36.0 Å². The number of para-hydroxylation sites is 1. The Labute approximate surface area is 171 Å². The third-order valence-corrected chi connectivity index (χ3v) is 7.20. The van der Waals surface area contributed by atoms with Crippen molar-refractivity contribution in [3.8, 4) is 0 Å². The van der Waals surface area contributed by atoms with Gasteiger partial charge in [-0.25, -0.2) is 0 Å². The van der Waals surface area contributed by atoms with Gasteiger partial charge in [0.15, 0.2) is 0 Å². The molecule has 0 spiro atoms. The molecule has 1 aromatic heterocycles. The first-order chi connectivity index (χ1) is 14.2. The monoisotopic (exact) mass is 405 g/mol. The van der Waals surface area contributed by atoms with Crippen molar-refractivity contribution in [2.75, 3.05) is 19.0 Å². The molecule has 3 aromatic rings. The van der Waals surface area contributed by atoms with Crippen molar-refractivity contribution in [1.29, 1.82) is 0 Å². The molecule has 1 N–H and O–H groups in total. The molecule has 0 aliphatic carbocycles. The number of carbonyl (C=O) groups is 2. The Morgan fingerprint density at radius 1 is 1.03 bits per heavy atom. The van der Waals surface area contributed by atoms with Gasteiger partial charge in [0.25, 0.3) is 11.8 Å². The Hall–Kier alpha value is -2.61. The number of hydrogen-bond donors (Lipinski definition) is 1. The molecule has 0 unspecified atom stereocenters. The van der Waals surface area contributed by atoms with E-state index in [1.165, 1.54) is 15.8 Å². The summed E-state index contributed by atoms with van der Waals surface area (Å²) in [5.74, 6) is 0.133. The number of amides is 2. The number of nitrogens with one attached hydrogen (secondary N) is 1. The number of benzene rings is 2. The average Bonchev–Trinajstić information content (AvgIpc) is 3.25. The highest BCUT2D eigenvalue weighted by molar-refractivity contribution is 7.99. The molecule has 3 aliphatic heterocycles. The van der Waals surface area contributed by atoms with Gasteiger partial charge in [0, 0.05) is 34.9 Å². The maximum Gasteiger partial charge on any atom is 0.261 e. The van der Waals surface area contributed by atoms with Crippen LogP contribution < -0.4 is 0 Å². The van der Waals surface area contributed by atoms with Gasteiger partial charge in [-0.15, -0.1) is 11.8 Å². The molecule has 2 aromatic carbocycles. The van der Waals surface area contributed by atoms with Crippen LogP contribution >= 0.6 is 11.8 Å². The van der Waals surface area contributed by atoms with Crippen LogP contribution in [0.4, 0.5) is 0 Å². The number of aromatic nitrogens is 1. The molecule has 0 bridgehead atoms. The van der Waals surface area contributed by atoms with E-state index in [2.05, 4.69) is 23.2 Å². The molecule has 4 heterocycles. The van der Waals surface area contributed by atoms with Gasteiger partial charge in [-0.2, -0.15) is 5.06 Å². The van der Waals surface area contributed by atoms with E-state index in [1.807, 2.05) is 11.1 Å². The Morgan fingerprint density at radius 3 is 2.55 bits per heavy atom. The lowest BCUT2D eigenvalue weighted by Crippen LogP contribution is -2.48. The van der Waals surface area contributed by atoms with E-state index in [9.17, 15) is 9.59 Å². The van der Waals surface area contributed by atoms with Gasteiger partial charge in [-0.3, -0.25) is 19.3 Å². The smallest absolute Gasteiger partial charge is 0.261 e. The van der Waals surface area contributed by atoms with Gasteiger partial charge >= 0.3 is 0 Å². The molecule has 1 fully saturated rings. The number of hydroxylamine groups is 2. The van der Waals surface area contributed by atoms with Gasteiger partial charge in [-0.05, 0) is 30.2 Å². The summed E-state index contributed by atoms with van der Waals surface area (Å²) in [4.78, 5) is 36.7. The summed E-state index contributed by atoms with van der Waals surface area (Å²) in [6, 6.07) is 15.4. The van der Waals surface area contributed by atoms with Crippen molar-refractivity contribution >= 4 is 34.5 Å². The van der Waals surface area contributed by atoms with Gasteiger partial charge in [-0.1, -0.05) is 30.3 Å². The Balaban J connectivity index is 1.37. The summed E-state index contributed by atoms with van der Waals surface area (Å²) in [5.41, 5.74) is 4.59. The average molecular weight is 405 g/mol. The minimum absolute atomic E-state index is 0.0192. The largest absolute Gasteiger partial charge is 0.357 e. The van der Waals surface area contributed by atoms with Crippen molar-refractivity contribution < 1.29 is 14.4 Å². The molecule has 0 radical (unpaired) electrons. The van der Waals surface area contributed by atoms with Crippen LogP contribution in [0, 0.1) is 0 Å². The number of aromatic amines is 1. The Bertz CT molecular complexity index is 1120. The number of fused-ring (bicyclic) bond motifs is 6. The van der Waals surface area contributed by atoms with Crippen LogP contribution in [0.1, 0.15) is 38.0 Å². The van der Waals surface area contributed by atoms with Crippen molar-refractivity contribution in [3.63, 3.8) is 0 Å². The fraction of sp³-hybridized carbons (Fsp3) is 0.273. The predicted molar refractivity (Wildman–Crippen MR) is 111 cm³/mol. The molecular formula is C22H19N3O3S. The van der Waals surface area contributed by atoms with Crippen LogP contribution in [-0.2, 0) is 11.3 Å². The van der Waals surface area contributed by atoms with E-state index >= 15 is 0 Å². The molecule has 7 heteroatoms. The van der Waals surface area contributed by atoms with Crippen LogP contribution in [0.25, 0.3) is 10.9 Å². The maximum atomic E-state index is 12.9. The number of nitrogens with zero attached hydrogens (tertiary/aromatic N) is 2. The number of imide groups is 1. The van der Waals surface area contributed by atoms with Crippen molar-refractivity contribution in [2.24, 2.45) is 0 Å². The molecular weight excluding hydrogens is 386 g/mol. The van der Waals surface area contributed by atoms with Gasteiger partial charge in [0.1, 0.15) is 5.94 Å². The highest BCUT2D eigenvalue weighted by Crippen LogP contribution is 2.43. The molecule has 146 valence electrons. The van der Waals surface area contributed by atoms with Crippen molar-refractivity contribution in [1.82, 2.24) is 14.9 Å². The summed E-state index contributed by atoms with van der Waals surface area (Å²) in [6.45, 7) is 1.18. The van der Waals surface area contributed by atoms with Crippen LogP contribution in [0.5, 0.6) is 0 Å². The van der Waals surface area contributed by atoms with E-state index in [4.69, 9.17) is 4.84 Å². The minimum Gasteiger partial charge on any atom is -0.357 e. The van der Waals surface area contributed by atoms with Crippen LogP contribution in [0.2, 0.25) is 0 Å². The first kappa shape index (κ1) is 17.3. The molecule has 1 saturated heterocycles. The second-order valence-electron chi connectivity index (χ2n) is 7.62. The first-order valence-corrected chi connectivity index (χ1v) is 10.8. The quantitative estimate of drug-likeness (QED) is 0.663. The SMILES string of the molecule is O=C1c2ccccc2C(=O)N1C[C@H]1SCON2CCc3c([nH]c4ccccc34)[C@H]12. The third kappa shape index (κ3) is 2.51. The van der Waals surface area contributed by atoms with E-state index < -0.39 is 0 Å². The van der Waals surface area contributed by atoms with Crippen LogP contribution in [0.15, 0.2) is 48.5 Å². The second-order valence-corrected chi connectivity index (χ2v) is 8.79. The summed E-state index contributed by atoms with van der Waals surface area (Å²) in [6.07, 6.45) is 0.917. The summed E-state index contributed by atoms with van der Waals surface area (Å²) in [7, 11) is 0. The van der Waals surface area contributed by atoms with E-state index in [0.717, 1.165) is 24.2 Å². The lowest BCUT2D eigenvalue weighted by Gasteiger charge is -2.43. The highest BCUT2D eigenvalue weighted by Gasteiger charge is 2.44. The van der Waals surface area contributed by atoms with Crippen molar-refractivity contribution in [3.05, 3.63) is 70.9 Å². The van der Waals surface area contributed by atoms with E-state index in [0.29, 0.717) is 23.6 Å². The molecule has 2 atom stereocenters. The zero-order valence-electron chi connectivity index (χ0n) is 15.6. The minimum atomic E-state index is -0.197. The second kappa shape index (κ2) is 6.45.